The molecule has 4 rings (SSSR count). The Morgan fingerprint density at radius 1 is 0.892 bits per heavy atom. The van der Waals surface area contributed by atoms with E-state index in [1.165, 1.54) is 29.7 Å². The monoisotopic (exact) mass is 636 g/mol. The standard InChI is InChI=1S/C10H6ClN3OS.C10H7N3O2S.Cl3OP/c1-16-10-13-4-5-2-7(15)6(3-12)8(11)9(5)14-10;1-16-10-12-4-5-2-7(14)6(3-11)9(15)8(5)13-10;1-5(2,3)4/h4H,2H2,1H3;4,15H,2H2,1H3;. The fraction of sp³-hybridized carbons (Fsp3) is 0.200. The summed E-state index contributed by atoms with van der Waals surface area (Å²) >= 11 is 22.5. The van der Waals surface area contributed by atoms with Crippen molar-refractivity contribution < 1.29 is 19.3 Å². The Labute approximate surface area is 238 Å². The van der Waals surface area contributed by atoms with E-state index in [0.29, 0.717) is 27.1 Å². The van der Waals surface area contributed by atoms with Crippen LogP contribution in [-0.2, 0) is 27.0 Å². The number of fused-ring (bicyclic) bond motifs is 2. The number of rotatable bonds is 2. The Morgan fingerprint density at radius 3 is 1.73 bits per heavy atom. The number of ketones is 2. The van der Waals surface area contributed by atoms with Crippen LogP contribution in [0.5, 0.6) is 0 Å². The Hall–Kier alpha value is -2.15. The highest BCUT2D eigenvalue weighted by atomic mass is 36.0. The number of allylic oxidation sites excluding steroid dienone is 2. The Morgan fingerprint density at radius 2 is 1.30 bits per heavy atom. The molecule has 2 heterocycles. The first-order chi connectivity index (χ1) is 17.3. The van der Waals surface area contributed by atoms with Crippen molar-refractivity contribution >= 4 is 96.4 Å². The first-order valence-electron chi connectivity index (χ1n) is 9.53. The van der Waals surface area contributed by atoms with Gasteiger partial charge in [0.05, 0.1) is 10.7 Å². The summed E-state index contributed by atoms with van der Waals surface area (Å²) in [4.78, 5) is 39.3. The lowest BCUT2D eigenvalue weighted by Gasteiger charge is -2.13. The van der Waals surface area contributed by atoms with Gasteiger partial charge < -0.3 is 5.11 Å². The van der Waals surface area contributed by atoms with Gasteiger partial charge in [0, 0.05) is 36.4 Å². The molecule has 2 aliphatic rings. The van der Waals surface area contributed by atoms with Gasteiger partial charge >= 0.3 is 5.20 Å². The van der Waals surface area contributed by atoms with Gasteiger partial charge in [-0.3, -0.25) is 14.2 Å². The molecule has 10 nitrogen and oxygen atoms in total. The van der Waals surface area contributed by atoms with Crippen molar-refractivity contribution in [3.63, 3.8) is 0 Å². The quantitative estimate of drug-likeness (QED) is 0.241. The summed E-state index contributed by atoms with van der Waals surface area (Å²) in [7, 11) is 0. The molecule has 0 saturated carbocycles. The summed E-state index contributed by atoms with van der Waals surface area (Å²) < 4.78 is 9.51. The number of aliphatic hydroxyl groups is 1. The van der Waals surface area contributed by atoms with Crippen LogP contribution in [0.4, 0.5) is 0 Å². The van der Waals surface area contributed by atoms with Crippen molar-refractivity contribution in [2.45, 2.75) is 23.2 Å². The maximum Gasteiger partial charge on any atom is 0.339 e. The summed E-state index contributed by atoms with van der Waals surface area (Å²) in [5, 5.41) is 25.3. The number of hydrogen-bond acceptors (Lipinski definition) is 12. The van der Waals surface area contributed by atoms with Crippen LogP contribution >= 0.6 is 74.0 Å². The van der Waals surface area contributed by atoms with E-state index in [1.807, 2.05) is 18.6 Å². The Bertz CT molecular complexity index is 1360. The average molecular weight is 638 g/mol. The molecule has 0 amide bonds. The van der Waals surface area contributed by atoms with Crippen molar-refractivity contribution in [1.29, 1.82) is 10.5 Å². The first-order valence-corrected chi connectivity index (χ1v) is 16.8. The molecule has 0 aromatic carbocycles. The minimum atomic E-state index is -3.22. The number of halogens is 4. The van der Waals surface area contributed by atoms with E-state index in [4.69, 9.17) is 22.1 Å². The highest BCUT2D eigenvalue weighted by molar-refractivity contribution is 8.24. The molecule has 37 heavy (non-hydrogen) atoms. The topological polar surface area (TPSA) is 171 Å². The van der Waals surface area contributed by atoms with Crippen molar-refractivity contribution in [2.75, 3.05) is 12.5 Å². The predicted octanol–water partition coefficient (Wildman–Crippen LogP) is 5.72. The molecule has 0 unspecified atom stereocenters. The smallest absolute Gasteiger partial charge is 0.339 e. The molecular formula is C20H13Cl4N6O4PS2. The van der Waals surface area contributed by atoms with E-state index >= 15 is 0 Å². The zero-order chi connectivity index (χ0) is 27.9. The van der Waals surface area contributed by atoms with Crippen LogP contribution in [0.1, 0.15) is 22.5 Å². The third kappa shape index (κ3) is 8.42. The molecule has 0 saturated heterocycles. The minimum absolute atomic E-state index is 0.0140. The SMILES string of the molecule is CSc1ncc2c(n1)C(Cl)=C(C#N)C(=O)C2.CSc1ncc2c(n1)C(O)=C(C#N)C(=O)C2.O=P(Cl)(Cl)Cl. The Kier molecular flexibility index (Phi) is 11.4. The maximum atomic E-state index is 11.5. The summed E-state index contributed by atoms with van der Waals surface area (Å²) in [6, 6.07) is 3.51. The summed E-state index contributed by atoms with van der Waals surface area (Å²) in [6.07, 6.45) is 6.96. The second-order valence-corrected chi connectivity index (χ2v) is 15.3. The van der Waals surface area contributed by atoms with Crippen LogP contribution < -0.4 is 0 Å². The number of nitriles is 2. The molecule has 2 aliphatic carbocycles. The van der Waals surface area contributed by atoms with Gasteiger partial charge in [0.15, 0.2) is 27.6 Å². The molecule has 0 fully saturated rings. The zero-order valence-corrected chi connectivity index (χ0v) is 24.3. The highest BCUT2D eigenvalue weighted by Crippen LogP contribution is 2.61. The van der Waals surface area contributed by atoms with Crippen LogP contribution in [0.2, 0.25) is 0 Å². The molecule has 0 radical (unpaired) electrons. The van der Waals surface area contributed by atoms with E-state index < -0.39 is 11.0 Å². The number of thioether (sulfide) groups is 2. The van der Waals surface area contributed by atoms with Crippen molar-refractivity contribution in [3.05, 3.63) is 46.1 Å². The van der Waals surface area contributed by atoms with Crippen LogP contribution in [0, 0.1) is 22.7 Å². The van der Waals surface area contributed by atoms with Crippen LogP contribution in [0.25, 0.3) is 10.8 Å². The van der Waals surface area contributed by atoms with Gasteiger partial charge in [-0.15, -0.1) is 0 Å². The summed E-state index contributed by atoms with van der Waals surface area (Å²) in [5.74, 6) is -1.01. The average Bonchev–Trinajstić information content (AvgIpc) is 2.83. The van der Waals surface area contributed by atoms with Gasteiger partial charge in [-0.2, -0.15) is 10.5 Å². The second-order valence-electron chi connectivity index (χ2n) is 6.70. The molecule has 2 aromatic rings. The van der Waals surface area contributed by atoms with E-state index in [1.54, 1.807) is 12.3 Å². The largest absolute Gasteiger partial charge is 0.504 e. The number of carbonyl (C=O) groups is 2. The molecule has 2 aromatic heterocycles. The molecule has 0 aliphatic heterocycles. The van der Waals surface area contributed by atoms with Crippen molar-refractivity contribution in [1.82, 2.24) is 19.9 Å². The predicted molar refractivity (Wildman–Crippen MR) is 144 cm³/mol. The number of carbonyl (C=O) groups excluding carboxylic acids is 2. The van der Waals surface area contributed by atoms with Crippen LogP contribution in [-0.4, -0.2) is 49.1 Å². The first kappa shape index (κ1) is 31.1. The van der Waals surface area contributed by atoms with Gasteiger partial charge in [-0.1, -0.05) is 35.1 Å². The van der Waals surface area contributed by atoms with Gasteiger partial charge in [0.25, 0.3) is 0 Å². The van der Waals surface area contributed by atoms with Crippen molar-refractivity contribution in [2.24, 2.45) is 0 Å². The lowest BCUT2D eigenvalue weighted by atomic mass is 9.95. The number of nitrogens with zero attached hydrogens (tertiary/aromatic N) is 6. The van der Waals surface area contributed by atoms with Gasteiger partial charge in [-0.05, 0) is 46.2 Å². The summed E-state index contributed by atoms with van der Waals surface area (Å²) in [6.45, 7) is 0. The van der Waals surface area contributed by atoms with Crippen LogP contribution in [0.15, 0.2) is 33.9 Å². The molecule has 0 bridgehead atoms. The van der Waals surface area contributed by atoms with E-state index in [-0.39, 0.29) is 46.3 Å². The fourth-order valence-corrected chi connectivity index (χ4v) is 3.87. The number of Topliss-reactive ketones (excluding diaryl/α,β-unsaturated/α-hetero) is 2. The third-order valence-electron chi connectivity index (χ3n) is 4.42. The minimum Gasteiger partial charge on any atom is -0.504 e. The number of aromatic nitrogens is 4. The Balaban J connectivity index is 0.000000221. The normalized spacial score (nSPS) is 14.3. The molecular weight excluding hydrogens is 625 g/mol. The molecule has 0 spiro atoms. The third-order valence-corrected chi connectivity index (χ3v) is 5.91. The van der Waals surface area contributed by atoms with Crippen molar-refractivity contribution in [3.8, 4) is 12.1 Å². The zero-order valence-electron chi connectivity index (χ0n) is 18.7. The molecule has 0 atom stereocenters. The molecule has 1 N–H and O–H groups in total. The molecule has 192 valence electrons. The van der Waals surface area contributed by atoms with Crippen LogP contribution in [0.3, 0.4) is 0 Å². The van der Waals surface area contributed by atoms with Gasteiger partial charge in [0.1, 0.15) is 29.0 Å². The lowest BCUT2D eigenvalue weighted by molar-refractivity contribution is -0.115. The molecule has 17 heteroatoms. The van der Waals surface area contributed by atoms with E-state index in [9.17, 15) is 19.3 Å². The maximum absolute atomic E-state index is 11.5. The second kappa shape index (κ2) is 13.6. The number of aliphatic hydroxyl groups excluding tert-OH is 1. The van der Waals surface area contributed by atoms with E-state index in [0.717, 1.165) is 0 Å². The van der Waals surface area contributed by atoms with E-state index in [2.05, 4.69) is 53.7 Å². The van der Waals surface area contributed by atoms with Gasteiger partial charge in [-0.25, -0.2) is 19.9 Å². The fourth-order valence-electron chi connectivity index (χ4n) is 2.87. The summed E-state index contributed by atoms with van der Waals surface area (Å²) in [5.41, 5.74) is 1.77. The highest BCUT2D eigenvalue weighted by Gasteiger charge is 2.28. The number of hydrogen-bond donors (Lipinski definition) is 1. The lowest BCUT2D eigenvalue weighted by Crippen LogP contribution is -2.17. The van der Waals surface area contributed by atoms with Gasteiger partial charge in [0.2, 0.25) is 0 Å².